The Morgan fingerprint density at radius 3 is 2.75 bits per heavy atom. The average Bonchev–Trinajstić information content (AvgIpc) is 2.71. The van der Waals surface area contributed by atoms with Crippen molar-refractivity contribution in [2.45, 2.75) is 13.5 Å². The van der Waals surface area contributed by atoms with Gasteiger partial charge in [0.25, 0.3) is 0 Å². The van der Waals surface area contributed by atoms with Crippen molar-refractivity contribution in [1.29, 1.82) is 0 Å². The van der Waals surface area contributed by atoms with Crippen LogP contribution in [0.4, 0.5) is 0 Å². The third kappa shape index (κ3) is 2.84. The van der Waals surface area contributed by atoms with Crippen LogP contribution in [-0.4, -0.2) is 19.6 Å². The van der Waals surface area contributed by atoms with Gasteiger partial charge in [-0.15, -0.1) is 0 Å². The summed E-state index contributed by atoms with van der Waals surface area (Å²) in [6.07, 6.45) is 0. The van der Waals surface area contributed by atoms with Gasteiger partial charge in [0.1, 0.15) is 11.3 Å². The lowest BCUT2D eigenvalue weighted by molar-refractivity contribution is 0.509. The Hall–Kier alpha value is -1.32. The second-order valence-electron chi connectivity index (χ2n) is 3.78. The third-order valence-electron chi connectivity index (χ3n) is 2.50. The topological polar surface area (TPSA) is 37.2 Å². The van der Waals surface area contributed by atoms with Crippen LogP contribution in [0.25, 0.3) is 11.0 Å². The van der Waals surface area contributed by atoms with E-state index in [0.29, 0.717) is 0 Å². The molecule has 2 aromatic rings. The summed E-state index contributed by atoms with van der Waals surface area (Å²) in [6.45, 7) is 5.88. The fraction of sp³-hybridized carbons (Fsp3) is 0.385. The molecule has 0 saturated carbocycles. The largest absolute Gasteiger partial charge is 0.460 e. The van der Waals surface area contributed by atoms with Gasteiger partial charge in [-0.1, -0.05) is 25.1 Å². The SMILES string of the molecule is CCNCCNCc1cc2ccccc2o1. The molecular formula is C13H18N2O. The molecule has 0 bridgehead atoms. The Kier molecular flexibility index (Phi) is 3.97. The normalized spacial score (nSPS) is 11.1. The number of likely N-dealkylation sites (N-methyl/N-ethyl adjacent to an activating group) is 1. The lowest BCUT2D eigenvalue weighted by Crippen LogP contribution is -2.26. The molecular weight excluding hydrogens is 200 g/mol. The monoisotopic (exact) mass is 218 g/mol. The van der Waals surface area contributed by atoms with E-state index in [9.17, 15) is 0 Å². The van der Waals surface area contributed by atoms with Gasteiger partial charge >= 0.3 is 0 Å². The summed E-state index contributed by atoms with van der Waals surface area (Å²) in [5, 5.41) is 7.78. The number of hydrogen-bond acceptors (Lipinski definition) is 3. The first kappa shape index (κ1) is 11.2. The summed E-state index contributed by atoms with van der Waals surface area (Å²) in [6, 6.07) is 10.2. The number of nitrogens with one attached hydrogen (secondary N) is 2. The van der Waals surface area contributed by atoms with Gasteiger partial charge in [-0.2, -0.15) is 0 Å². The number of rotatable bonds is 6. The maximum Gasteiger partial charge on any atom is 0.134 e. The van der Waals surface area contributed by atoms with Crippen molar-refractivity contribution in [1.82, 2.24) is 10.6 Å². The zero-order valence-electron chi connectivity index (χ0n) is 9.62. The molecule has 0 amide bonds. The molecule has 1 heterocycles. The molecule has 1 aromatic heterocycles. The molecule has 86 valence electrons. The molecule has 0 spiro atoms. The van der Waals surface area contributed by atoms with E-state index in [1.807, 2.05) is 18.2 Å². The first-order chi connectivity index (χ1) is 7.90. The van der Waals surface area contributed by atoms with E-state index in [1.165, 1.54) is 5.39 Å². The molecule has 3 heteroatoms. The summed E-state index contributed by atoms with van der Waals surface area (Å²) >= 11 is 0. The van der Waals surface area contributed by atoms with Crippen molar-refractivity contribution >= 4 is 11.0 Å². The molecule has 0 aliphatic carbocycles. The average molecular weight is 218 g/mol. The van der Waals surface area contributed by atoms with E-state index in [1.54, 1.807) is 0 Å². The van der Waals surface area contributed by atoms with E-state index >= 15 is 0 Å². The maximum atomic E-state index is 5.69. The number of furan rings is 1. The van der Waals surface area contributed by atoms with Crippen LogP contribution in [0.5, 0.6) is 0 Å². The summed E-state index contributed by atoms with van der Waals surface area (Å²) in [5.41, 5.74) is 0.964. The minimum Gasteiger partial charge on any atom is -0.460 e. The quantitative estimate of drug-likeness (QED) is 0.729. The third-order valence-corrected chi connectivity index (χ3v) is 2.50. The fourth-order valence-electron chi connectivity index (χ4n) is 1.69. The number of hydrogen-bond donors (Lipinski definition) is 2. The minimum atomic E-state index is 0.792. The second kappa shape index (κ2) is 5.68. The Morgan fingerprint density at radius 2 is 1.94 bits per heavy atom. The van der Waals surface area contributed by atoms with E-state index in [0.717, 1.165) is 37.5 Å². The molecule has 2 rings (SSSR count). The summed E-state index contributed by atoms with van der Waals surface area (Å²) in [7, 11) is 0. The van der Waals surface area contributed by atoms with Gasteiger partial charge < -0.3 is 15.1 Å². The highest BCUT2D eigenvalue weighted by atomic mass is 16.3. The van der Waals surface area contributed by atoms with Gasteiger partial charge in [0.15, 0.2) is 0 Å². The molecule has 2 N–H and O–H groups in total. The van der Waals surface area contributed by atoms with Crippen LogP contribution >= 0.6 is 0 Å². The van der Waals surface area contributed by atoms with E-state index in [2.05, 4.69) is 29.7 Å². The molecule has 3 nitrogen and oxygen atoms in total. The van der Waals surface area contributed by atoms with E-state index in [-0.39, 0.29) is 0 Å². The van der Waals surface area contributed by atoms with Crippen LogP contribution < -0.4 is 10.6 Å². The van der Waals surface area contributed by atoms with Crippen LogP contribution in [0.2, 0.25) is 0 Å². The highest BCUT2D eigenvalue weighted by Crippen LogP contribution is 2.18. The maximum absolute atomic E-state index is 5.69. The molecule has 0 fully saturated rings. The molecule has 1 aromatic carbocycles. The van der Waals surface area contributed by atoms with Crippen molar-refractivity contribution in [3.05, 3.63) is 36.1 Å². The highest BCUT2D eigenvalue weighted by molar-refractivity contribution is 5.77. The van der Waals surface area contributed by atoms with Crippen LogP contribution in [0.15, 0.2) is 34.7 Å². The first-order valence-corrected chi connectivity index (χ1v) is 5.79. The van der Waals surface area contributed by atoms with Gasteiger partial charge in [0, 0.05) is 18.5 Å². The number of benzene rings is 1. The lowest BCUT2D eigenvalue weighted by Gasteiger charge is -2.02. The zero-order chi connectivity index (χ0) is 11.2. The van der Waals surface area contributed by atoms with Crippen LogP contribution in [-0.2, 0) is 6.54 Å². The molecule has 0 unspecified atom stereocenters. The summed E-state index contributed by atoms with van der Waals surface area (Å²) in [4.78, 5) is 0. The molecule has 0 aliphatic rings. The molecule has 0 radical (unpaired) electrons. The van der Waals surface area contributed by atoms with Gasteiger partial charge in [-0.25, -0.2) is 0 Å². The Balaban J connectivity index is 1.85. The molecule has 0 atom stereocenters. The minimum absolute atomic E-state index is 0.792. The second-order valence-corrected chi connectivity index (χ2v) is 3.78. The zero-order valence-corrected chi connectivity index (χ0v) is 9.62. The van der Waals surface area contributed by atoms with Gasteiger partial charge in [0.2, 0.25) is 0 Å². The van der Waals surface area contributed by atoms with E-state index in [4.69, 9.17) is 4.42 Å². The van der Waals surface area contributed by atoms with Crippen LogP contribution in [0.3, 0.4) is 0 Å². The molecule has 0 saturated heterocycles. The fourth-order valence-corrected chi connectivity index (χ4v) is 1.69. The van der Waals surface area contributed by atoms with Gasteiger partial charge in [-0.3, -0.25) is 0 Å². The van der Waals surface area contributed by atoms with Crippen LogP contribution in [0, 0.1) is 0 Å². The highest BCUT2D eigenvalue weighted by Gasteiger charge is 2.01. The van der Waals surface area contributed by atoms with Crippen molar-refractivity contribution in [3.8, 4) is 0 Å². The van der Waals surface area contributed by atoms with E-state index < -0.39 is 0 Å². The smallest absolute Gasteiger partial charge is 0.134 e. The molecule has 16 heavy (non-hydrogen) atoms. The predicted molar refractivity (Wildman–Crippen MR) is 66.5 cm³/mol. The van der Waals surface area contributed by atoms with Crippen molar-refractivity contribution < 1.29 is 4.42 Å². The first-order valence-electron chi connectivity index (χ1n) is 5.79. The Labute approximate surface area is 95.8 Å². The van der Waals surface area contributed by atoms with Crippen molar-refractivity contribution in [2.24, 2.45) is 0 Å². The molecule has 0 aliphatic heterocycles. The Morgan fingerprint density at radius 1 is 1.12 bits per heavy atom. The lowest BCUT2D eigenvalue weighted by atomic mass is 10.2. The van der Waals surface area contributed by atoms with Crippen molar-refractivity contribution in [2.75, 3.05) is 19.6 Å². The number of fused-ring (bicyclic) bond motifs is 1. The predicted octanol–water partition coefficient (Wildman–Crippen LogP) is 2.13. The van der Waals surface area contributed by atoms with Gasteiger partial charge in [0.05, 0.1) is 6.54 Å². The van der Waals surface area contributed by atoms with Crippen molar-refractivity contribution in [3.63, 3.8) is 0 Å². The number of para-hydroxylation sites is 1. The van der Waals surface area contributed by atoms with Crippen LogP contribution in [0.1, 0.15) is 12.7 Å². The standard InChI is InChI=1S/C13H18N2O/c1-2-14-7-8-15-10-12-9-11-5-3-4-6-13(11)16-12/h3-6,9,14-15H,2,7-8,10H2,1H3. The Bertz CT molecular complexity index is 403. The summed E-state index contributed by atoms with van der Waals surface area (Å²) in [5.74, 6) is 0.998. The summed E-state index contributed by atoms with van der Waals surface area (Å²) < 4.78 is 5.69. The van der Waals surface area contributed by atoms with Gasteiger partial charge in [-0.05, 0) is 18.7 Å².